The van der Waals surface area contributed by atoms with Crippen molar-refractivity contribution < 1.29 is 23.7 Å². The van der Waals surface area contributed by atoms with E-state index in [-0.39, 0.29) is 18.2 Å². The summed E-state index contributed by atoms with van der Waals surface area (Å²) in [6.45, 7) is 15.1. The Hall–Kier alpha value is 0.620. The Morgan fingerprint density at radius 3 is 1.33 bits per heavy atom. The molecule has 0 saturated carbocycles. The molecule has 0 aromatic rings. The summed E-state index contributed by atoms with van der Waals surface area (Å²) in [5, 5.41) is 0. The minimum absolute atomic E-state index is 0.0658. The van der Waals surface area contributed by atoms with Crippen LogP contribution in [0.2, 0.25) is 0 Å². The van der Waals surface area contributed by atoms with Crippen LogP contribution in [0.15, 0.2) is 0 Å². The van der Waals surface area contributed by atoms with Crippen LogP contribution in [0.3, 0.4) is 0 Å². The number of hydrogen-bond acceptors (Lipinski definition) is 6. The predicted octanol–water partition coefficient (Wildman–Crippen LogP) is 5.61. The average Bonchev–Trinajstić information content (AvgIpc) is 2.82. The van der Waals surface area contributed by atoms with Crippen molar-refractivity contribution in [2.24, 2.45) is 5.73 Å². The van der Waals surface area contributed by atoms with Gasteiger partial charge in [-0.3, -0.25) is 0 Å². The Morgan fingerprint density at radius 1 is 0.636 bits per heavy atom. The second-order valence-corrected chi connectivity index (χ2v) is 11.2. The van der Waals surface area contributed by atoms with Crippen molar-refractivity contribution in [2.75, 3.05) is 64.2 Å². The van der Waals surface area contributed by atoms with Gasteiger partial charge in [-0.25, -0.2) is 0 Å². The first-order valence-corrected chi connectivity index (χ1v) is 16.2. The summed E-state index contributed by atoms with van der Waals surface area (Å²) in [6, 6.07) is 0. The molecule has 0 fully saturated rings. The Bertz CT molecular complexity index is 355. The molecule has 6 nitrogen and oxygen atoms in total. The first kappa shape index (κ1) is 33.6. The summed E-state index contributed by atoms with van der Waals surface area (Å²) >= 11 is 0. The van der Waals surface area contributed by atoms with Gasteiger partial charge in [0.15, 0.2) is 12.6 Å². The smallest absolute Gasteiger partial charge is 0.161 e. The summed E-state index contributed by atoms with van der Waals surface area (Å²) in [6.07, 6.45) is 11.2. The van der Waals surface area contributed by atoms with Crippen molar-refractivity contribution >= 4 is 17.2 Å². The van der Waals surface area contributed by atoms with E-state index in [9.17, 15) is 0 Å². The lowest BCUT2D eigenvalue weighted by molar-refractivity contribution is -0.127. The topological polar surface area (TPSA) is 72.2 Å². The summed E-state index contributed by atoms with van der Waals surface area (Å²) < 4.78 is 29.9. The normalized spacial score (nSPS) is 14.5. The molecule has 0 rings (SSSR count). The Kier molecular flexibility index (Phi) is 24.8. The van der Waals surface area contributed by atoms with Gasteiger partial charge in [-0.1, -0.05) is 27.7 Å². The molecule has 2 N–H and O–H groups in total. The molecule has 0 saturated heterocycles. The molecule has 0 aliphatic carbocycles. The van der Waals surface area contributed by atoms with Crippen molar-refractivity contribution in [3.8, 4) is 0 Å². The molecule has 0 aromatic carbocycles. The van der Waals surface area contributed by atoms with Crippen molar-refractivity contribution in [1.82, 2.24) is 0 Å². The second kappa shape index (κ2) is 24.3. The van der Waals surface area contributed by atoms with E-state index in [0.717, 1.165) is 120 Å². The standard InChI is InChI=1S/C25H55NO5P2/c1-6-15-27-23(28-16-7-2)21-32-19-12-25(11-14-26,31-10-5)13-20-33-22-24(29-17-8-3)30-18-9-4/h23-24,32-33H,6-22,26H2,1-5H3. The first-order valence-electron chi connectivity index (χ1n) is 13.3. The van der Waals surface area contributed by atoms with E-state index < -0.39 is 0 Å². The van der Waals surface area contributed by atoms with Gasteiger partial charge in [0.1, 0.15) is 0 Å². The van der Waals surface area contributed by atoms with Gasteiger partial charge in [0, 0.05) is 45.4 Å². The molecular weight excluding hydrogens is 456 g/mol. The van der Waals surface area contributed by atoms with Crippen molar-refractivity contribution in [1.29, 1.82) is 0 Å². The first-order chi connectivity index (χ1) is 16.1. The fourth-order valence-corrected chi connectivity index (χ4v) is 6.18. The molecule has 8 heteroatoms. The monoisotopic (exact) mass is 511 g/mol. The summed E-state index contributed by atoms with van der Waals surface area (Å²) in [5.74, 6) is 0. The fraction of sp³-hybridized carbons (Fsp3) is 1.00. The molecule has 0 aromatic heterocycles. The van der Waals surface area contributed by atoms with Crippen LogP contribution in [0.5, 0.6) is 0 Å². The third-order valence-electron chi connectivity index (χ3n) is 5.22. The summed E-state index contributed by atoms with van der Waals surface area (Å²) in [7, 11) is 1.62. The largest absolute Gasteiger partial charge is 0.375 e. The maximum atomic E-state index is 6.35. The zero-order chi connectivity index (χ0) is 24.6. The molecule has 0 radical (unpaired) electrons. The highest BCUT2D eigenvalue weighted by Crippen LogP contribution is 2.32. The zero-order valence-corrected chi connectivity index (χ0v) is 24.3. The molecule has 0 aliphatic rings. The molecule has 2 unspecified atom stereocenters. The molecular formula is C25H55NO5P2. The van der Waals surface area contributed by atoms with Crippen LogP contribution in [-0.2, 0) is 23.7 Å². The van der Waals surface area contributed by atoms with Gasteiger partial charge in [-0.15, -0.1) is 17.2 Å². The lowest BCUT2D eigenvalue weighted by Crippen LogP contribution is -2.37. The zero-order valence-electron chi connectivity index (χ0n) is 22.3. The third-order valence-corrected chi connectivity index (χ3v) is 7.67. The molecule has 0 aliphatic heterocycles. The minimum Gasteiger partial charge on any atom is -0.375 e. The van der Waals surface area contributed by atoms with E-state index in [2.05, 4.69) is 34.6 Å². The van der Waals surface area contributed by atoms with Gasteiger partial charge in [0.2, 0.25) is 0 Å². The Morgan fingerprint density at radius 2 is 1.03 bits per heavy atom. The SMILES string of the molecule is CCCOC(CPCCC(CCN)(CCPCC(OCCC)OCCC)OCC)OCCC. The van der Waals surface area contributed by atoms with Crippen LogP contribution in [0.4, 0.5) is 0 Å². The van der Waals surface area contributed by atoms with E-state index in [4.69, 9.17) is 29.4 Å². The van der Waals surface area contributed by atoms with E-state index in [1.807, 2.05) is 0 Å². The van der Waals surface area contributed by atoms with Gasteiger partial charge in [-0.05, 0) is 70.7 Å². The van der Waals surface area contributed by atoms with Crippen LogP contribution in [0, 0.1) is 0 Å². The highest BCUT2D eigenvalue weighted by molar-refractivity contribution is 7.38. The highest BCUT2D eigenvalue weighted by atomic mass is 31.1. The molecule has 200 valence electrons. The van der Waals surface area contributed by atoms with E-state index in [0.29, 0.717) is 6.54 Å². The predicted molar refractivity (Wildman–Crippen MR) is 146 cm³/mol. The van der Waals surface area contributed by atoms with Gasteiger partial charge in [0.25, 0.3) is 0 Å². The highest BCUT2D eigenvalue weighted by Gasteiger charge is 2.29. The van der Waals surface area contributed by atoms with Crippen LogP contribution >= 0.6 is 17.2 Å². The quantitative estimate of drug-likeness (QED) is 0.0925. The van der Waals surface area contributed by atoms with Crippen LogP contribution in [-0.4, -0.2) is 82.4 Å². The van der Waals surface area contributed by atoms with Crippen molar-refractivity contribution in [3.05, 3.63) is 0 Å². The lowest BCUT2D eigenvalue weighted by Gasteiger charge is -2.34. The van der Waals surface area contributed by atoms with E-state index in [1.165, 1.54) is 0 Å². The van der Waals surface area contributed by atoms with Crippen molar-refractivity contribution in [3.63, 3.8) is 0 Å². The second-order valence-electron chi connectivity index (χ2n) is 8.41. The van der Waals surface area contributed by atoms with E-state index >= 15 is 0 Å². The summed E-state index contributed by atoms with van der Waals surface area (Å²) in [5.41, 5.74) is 5.90. The third kappa shape index (κ3) is 18.5. The number of rotatable bonds is 26. The number of nitrogens with two attached hydrogens (primary N) is 1. The van der Waals surface area contributed by atoms with Crippen LogP contribution in [0.25, 0.3) is 0 Å². The van der Waals surface area contributed by atoms with Crippen LogP contribution < -0.4 is 5.73 Å². The van der Waals surface area contributed by atoms with Gasteiger partial charge in [-0.2, -0.15) is 0 Å². The fourth-order valence-electron chi connectivity index (χ4n) is 3.56. The van der Waals surface area contributed by atoms with Gasteiger partial charge < -0.3 is 29.4 Å². The van der Waals surface area contributed by atoms with E-state index in [1.54, 1.807) is 0 Å². The molecule has 2 atom stereocenters. The molecule has 0 heterocycles. The Balaban J connectivity index is 4.61. The van der Waals surface area contributed by atoms with Crippen molar-refractivity contribution in [2.45, 2.75) is 97.7 Å². The maximum absolute atomic E-state index is 6.35. The number of ether oxygens (including phenoxy) is 5. The molecule has 0 amide bonds. The van der Waals surface area contributed by atoms with Gasteiger partial charge >= 0.3 is 0 Å². The van der Waals surface area contributed by atoms with Crippen LogP contribution in [0.1, 0.15) is 79.6 Å². The summed E-state index contributed by atoms with van der Waals surface area (Å²) in [4.78, 5) is 0. The minimum atomic E-state index is -0.113. The Labute approximate surface area is 208 Å². The number of hydrogen-bond donors (Lipinski definition) is 1. The molecule has 0 spiro atoms. The van der Waals surface area contributed by atoms with Gasteiger partial charge in [0.05, 0.1) is 5.60 Å². The molecule has 0 bridgehead atoms. The lowest BCUT2D eigenvalue weighted by atomic mass is 9.93. The maximum Gasteiger partial charge on any atom is 0.161 e. The average molecular weight is 512 g/mol. The molecule has 33 heavy (non-hydrogen) atoms.